The lowest BCUT2D eigenvalue weighted by atomic mass is 10.1. The molecule has 0 radical (unpaired) electrons. The summed E-state index contributed by atoms with van der Waals surface area (Å²) in [5.74, 6) is -0.157. The minimum atomic E-state index is -0.0843. The van der Waals surface area contributed by atoms with Gasteiger partial charge in [-0.25, -0.2) is 0 Å². The van der Waals surface area contributed by atoms with Gasteiger partial charge in [-0.05, 0) is 73.2 Å². The van der Waals surface area contributed by atoms with Crippen LogP contribution in [0.1, 0.15) is 37.0 Å². The molecule has 0 aromatic heterocycles. The SMILES string of the molecule is Cc1cc(Cl)ccc1N(CCNC(C)C)C(=O)CNCC(=O)N(C)c1ccc2c(c1)CCC2.Cl. The van der Waals surface area contributed by atoms with Crippen molar-refractivity contribution >= 4 is 47.2 Å². The van der Waals surface area contributed by atoms with Gasteiger partial charge in [-0.15, -0.1) is 12.4 Å². The Morgan fingerprint density at radius 3 is 2.44 bits per heavy atom. The van der Waals surface area contributed by atoms with Crippen LogP contribution in [0.2, 0.25) is 5.02 Å². The molecule has 1 aliphatic rings. The maximum Gasteiger partial charge on any atom is 0.241 e. The van der Waals surface area contributed by atoms with Gasteiger partial charge in [0.15, 0.2) is 0 Å². The molecule has 0 saturated heterocycles. The molecule has 2 amide bonds. The molecule has 186 valence electrons. The quantitative estimate of drug-likeness (QED) is 0.508. The topological polar surface area (TPSA) is 64.7 Å². The minimum absolute atomic E-state index is 0. The van der Waals surface area contributed by atoms with E-state index in [0.29, 0.717) is 24.2 Å². The molecule has 6 nitrogen and oxygen atoms in total. The van der Waals surface area contributed by atoms with Crippen LogP contribution in [0.25, 0.3) is 0 Å². The molecule has 1 aliphatic carbocycles. The second-order valence-electron chi connectivity index (χ2n) is 8.95. The van der Waals surface area contributed by atoms with Crippen LogP contribution in [0, 0.1) is 6.92 Å². The number of amides is 2. The second kappa shape index (κ2) is 13.1. The average molecular weight is 508 g/mol. The first kappa shape index (κ1) is 28.1. The number of nitrogens with one attached hydrogen (secondary N) is 2. The molecule has 0 heterocycles. The zero-order chi connectivity index (χ0) is 24.0. The van der Waals surface area contributed by atoms with Crippen molar-refractivity contribution in [2.24, 2.45) is 0 Å². The number of hydrogen-bond donors (Lipinski definition) is 2. The number of fused-ring (bicyclic) bond motifs is 1. The predicted molar refractivity (Wildman–Crippen MR) is 144 cm³/mol. The fourth-order valence-corrected chi connectivity index (χ4v) is 4.39. The number of aryl methyl sites for hydroxylation is 3. The van der Waals surface area contributed by atoms with Crippen molar-refractivity contribution in [2.75, 3.05) is 43.0 Å². The van der Waals surface area contributed by atoms with Gasteiger partial charge in [0.1, 0.15) is 0 Å². The van der Waals surface area contributed by atoms with Crippen LogP contribution in [0.4, 0.5) is 11.4 Å². The molecule has 0 unspecified atom stereocenters. The van der Waals surface area contributed by atoms with Gasteiger partial charge >= 0.3 is 0 Å². The fourth-order valence-electron chi connectivity index (χ4n) is 4.17. The lowest BCUT2D eigenvalue weighted by molar-refractivity contribution is -0.118. The third-order valence-corrected chi connectivity index (χ3v) is 6.27. The van der Waals surface area contributed by atoms with E-state index in [1.807, 2.05) is 25.1 Å². The van der Waals surface area contributed by atoms with Gasteiger partial charge in [0, 0.05) is 42.6 Å². The molecule has 0 saturated carbocycles. The monoisotopic (exact) mass is 506 g/mol. The number of rotatable bonds is 10. The Balaban J connectivity index is 0.00000408. The summed E-state index contributed by atoms with van der Waals surface area (Å²) in [4.78, 5) is 29.2. The van der Waals surface area contributed by atoms with Crippen molar-refractivity contribution in [3.63, 3.8) is 0 Å². The summed E-state index contributed by atoms with van der Waals surface area (Å²) < 4.78 is 0. The van der Waals surface area contributed by atoms with Gasteiger partial charge in [-0.3, -0.25) is 14.9 Å². The molecule has 34 heavy (non-hydrogen) atoms. The molecular formula is C26H36Cl2N4O2. The van der Waals surface area contributed by atoms with Gasteiger partial charge in [-0.1, -0.05) is 31.5 Å². The number of carbonyl (C=O) groups excluding carboxylic acids is 2. The summed E-state index contributed by atoms with van der Waals surface area (Å²) in [6.07, 6.45) is 3.37. The summed E-state index contributed by atoms with van der Waals surface area (Å²) in [6.45, 7) is 7.47. The Hall–Kier alpha value is -2.12. The molecule has 0 spiro atoms. The number of anilines is 2. The number of likely N-dealkylation sites (N-methyl/N-ethyl adjacent to an activating group) is 1. The second-order valence-corrected chi connectivity index (χ2v) is 9.38. The lowest BCUT2D eigenvalue weighted by Crippen LogP contribution is -2.45. The van der Waals surface area contributed by atoms with Crippen molar-refractivity contribution in [1.82, 2.24) is 10.6 Å². The van der Waals surface area contributed by atoms with Crippen LogP contribution < -0.4 is 20.4 Å². The number of nitrogens with zero attached hydrogens (tertiary/aromatic N) is 2. The first-order valence-corrected chi connectivity index (χ1v) is 12.0. The molecular weight excluding hydrogens is 471 g/mol. The molecule has 0 fully saturated rings. The van der Waals surface area contributed by atoms with Gasteiger partial charge in [-0.2, -0.15) is 0 Å². The molecule has 8 heteroatoms. The molecule has 2 N–H and O–H groups in total. The Morgan fingerprint density at radius 1 is 1.03 bits per heavy atom. The maximum atomic E-state index is 13.1. The van der Waals surface area contributed by atoms with Crippen LogP contribution in [0.3, 0.4) is 0 Å². The highest BCUT2D eigenvalue weighted by molar-refractivity contribution is 6.30. The van der Waals surface area contributed by atoms with Crippen LogP contribution >= 0.6 is 24.0 Å². The number of benzene rings is 2. The summed E-state index contributed by atoms with van der Waals surface area (Å²) in [6, 6.07) is 12.1. The Kier molecular flexibility index (Phi) is 10.8. The summed E-state index contributed by atoms with van der Waals surface area (Å²) in [5, 5.41) is 7.04. The van der Waals surface area contributed by atoms with E-state index in [0.717, 1.165) is 29.8 Å². The van der Waals surface area contributed by atoms with E-state index < -0.39 is 0 Å². The van der Waals surface area contributed by atoms with E-state index >= 15 is 0 Å². The van der Waals surface area contributed by atoms with E-state index in [9.17, 15) is 9.59 Å². The zero-order valence-corrected chi connectivity index (χ0v) is 22.1. The number of halogens is 2. The number of carbonyl (C=O) groups is 2. The van der Waals surface area contributed by atoms with E-state index in [2.05, 4.69) is 36.6 Å². The largest absolute Gasteiger partial charge is 0.314 e. The van der Waals surface area contributed by atoms with Gasteiger partial charge < -0.3 is 15.1 Å². The van der Waals surface area contributed by atoms with Crippen molar-refractivity contribution in [1.29, 1.82) is 0 Å². The van der Waals surface area contributed by atoms with Crippen molar-refractivity contribution in [2.45, 2.75) is 46.1 Å². The van der Waals surface area contributed by atoms with Crippen molar-refractivity contribution in [3.05, 3.63) is 58.1 Å². The molecule has 3 rings (SSSR count). The third-order valence-electron chi connectivity index (χ3n) is 6.03. The van der Waals surface area contributed by atoms with Crippen LogP contribution in [0.5, 0.6) is 0 Å². The smallest absolute Gasteiger partial charge is 0.241 e. The summed E-state index contributed by atoms with van der Waals surface area (Å²) in [5.41, 5.74) is 5.38. The Bertz CT molecular complexity index is 997. The predicted octanol–water partition coefficient (Wildman–Crippen LogP) is 4.14. The average Bonchev–Trinajstić information content (AvgIpc) is 3.24. The highest BCUT2D eigenvalue weighted by Crippen LogP contribution is 2.26. The first-order valence-electron chi connectivity index (χ1n) is 11.6. The van der Waals surface area contributed by atoms with E-state index in [4.69, 9.17) is 11.6 Å². The molecule has 0 bridgehead atoms. The first-order chi connectivity index (χ1) is 15.8. The zero-order valence-electron chi connectivity index (χ0n) is 20.5. The van der Waals surface area contributed by atoms with Crippen LogP contribution in [-0.4, -0.2) is 51.1 Å². The van der Waals surface area contributed by atoms with Gasteiger partial charge in [0.2, 0.25) is 11.8 Å². The van der Waals surface area contributed by atoms with E-state index in [1.165, 1.54) is 17.5 Å². The van der Waals surface area contributed by atoms with E-state index in [1.54, 1.807) is 22.9 Å². The van der Waals surface area contributed by atoms with Crippen molar-refractivity contribution in [3.8, 4) is 0 Å². The summed E-state index contributed by atoms with van der Waals surface area (Å²) >= 11 is 6.11. The molecule has 0 aliphatic heterocycles. The highest BCUT2D eigenvalue weighted by atomic mass is 35.5. The van der Waals surface area contributed by atoms with Crippen LogP contribution in [-0.2, 0) is 22.4 Å². The van der Waals surface area contributed by atoms with Crippen molar-refractivity contribution < 1.29 is 9.59 Å². The number of hydrogen-bond acceptors (Lipinski definition) is 4. The minimum Gasteiger partial charge on any atom is -0.314 e. The molecule has 2 aromatic carbocycles. The third kappa shape index (κ3) is 7.44. The standard InChI is InChI=1S/C26H35ClN4O2.ClH/c1-18(2)29-12-13-31(24-11-9-22(27)14-19(24)3)26(33)17-28-16-25(32)30(4)23-10-8-20-6-5-7-21(20)15-23;/h8-11,14-15,18,28-29H,5-7,12-13,16-17H2,1-4H3;1H. The maximum absolute atomic E-state index is 13.1. The highest BCUT2D eigenvalue weighted by Gasteiger charge is 2.19. The Morgan fingerprint density at radius 2 is 1.74 bits per heavy atom. The van der Waals surface area contributed by atoms with Crippen LogP contribution in [0.15, 0.2) is 36.4 Å². The lowest BCUT2D eigenvalue weighted by Gasteiger charge is -2.26. The van der Waals surface area contributed by atoms with Gasteiger partial charge in [0.05, 0.1) is 13.1 Å². The van der Waals surface area contributed by atoms with E-state index in [-0.39, 0.29) is 37.3 Å². The van der Waals surface area contributed by atoms with Gasteiger partial charge in [0.25, 0.3) is 0 Å². The normalized spacial score (nSPS) is 12.3. The molecule has 0 atom stereocenters. The Labute approximate surface area is 214 Å². The molecule has 2 aromatic rings. The fraction of sp³-hybridized carbons (Fsp3) is 0.462. The summed E-state index contributed by atoms with van der Waals surface area (Å²) in [7, 11) is 1.78.